The van der Waals surface area contributed by atoms with E-state index in [2.05, 4.69) is 15.5 Å². The van der Waals surface area contributed by atoms with E-state index in [0.29, 0.717) is 48.3 Å². The maximum atomic E-state index is 13.1. The second kappa shape index (κ2) is 15.0. The largest absolute Gasteiger partial charge is 0.490 e. The van der Waals surface area contributed by atoms with Gasteiger partial charge in [-0.1, -0.05) is 12.1 Å². The number of amides is 4. The molecular weight excluding hydrogens is 608 g/mol. The highest BCUT2D eigenvalue weighted by atomic mass is 32.2. The van der Waals surface area contributed by atoms with Crippen molar-refractivity contribution in [2.45, 2.75) is 20.8 Å². The highest BCUT2D eigenvalue weighted by molar-refractivity contribution is 8.18. The molecule has 0 unspecified atom stereocenters. The van der Waals surface area contributed by atoms with Crippen molar-refractivity contribution in [2.24, 2.45) is 0 Å². The zero-order valence-corrected chi connectivity index (χ0v) is 26.8. The van der Waals surface area contributed by atoms with Crippen molar-refractivity contribution in [1.82, 2.24) is 4.90 Å². The molecule has 2 aliphatic rings. The van der Waals surface area contributed by atoms with E-state index < -0.39 is 23.6 Å². The summed E-state index contributed by atoms with van der Waals surface area (Å²) in [5.74, 6) is -0.624. The first-order valence-electron chi connectivity index (χ1n) is 14.9. The van der Waals surface area contributed by atoms with Crippen molar-refractivity contribution in [2.75, 3.05) is 61.6 Å². The molecule has 5 rings (SSSR count). The van der Waals surface area contributed by atoms with Gasteiger partial charge >= 0.3 is 0 Å². The van der Waals surface area contributed by atoms with Gasteiger partial charge in [0.05, 0.1) is 24.7 Å². The van der Waals surface area contributed by atoms with E-state index >= 15 is 0 Å². The van der Waals surface area contributed by atoms with E-state index in [4.69, 9.17) is 14.2 Å². The molecule has 2 aliphatic heterocycles. The van der Waals surface area contributed by atoms with Crippen LogP contribution in [0.4, 0.5) is 21.9 Å². The number of hydrogen-bond acceptors (Lipinski definition) is 9. The number of rotatable bonds is 11. The summed E-state index contributed by atoms with van der Waals surface area (Å²) in [6.45, 7) is 8.45. The van der Waals surface area contributed by atoms with Gasteiger partial charge in [-0.2, -0.15) is 0 Å². The lowest BCUT2D eigenvalue weighted by molar-refractivity contribution is -0.127. The predicted octanol–water partition coefficient (Wildman–Crippen LogP) is 5.23. The predicted molar refractivity (Wildman–Crippen MR) is 178 cm³/mol. The van der Waals surface area contributed by atoms with Crippen molar-refractivity contribution in [1.29, 1.82) is 0 Å². The molecule has 46 heavy (non-hydrogen) atoms. The molecule has 0 spiro atoms. The summed E-state index contributed by atoms with van der Waals surface area (Å²) in [7, 11) is 0. The van der Waals surface area contributed by atoms with Gasteiger partial charge in [-0.15, -0.1) is 0 Å². The molecule has 0 aromatic heterocycles. The highest BCUT2D eigenvalue weighted by Crippen LogP contribution is 2.35. The summed E-state index contributed by atoms with van der Waals surface area (Å²) >= 11 is 0.761. The molecule has 2 heterocycles. The van der Waals surface area contributed by atoms with Crippen LogP contribution in [0, 0.1) is 13.8 Å². The van der Waals surface area contributed by atoms with Crippen LogP contribution >= 0.6 is 11.8 Å². The number of aryl methyl sites for hydroxylation is 2. The number of thioether (sulfide) groups is 1. The van der Waals surface area contributed by atoms with Gasteiger partial charge in [0.15, 0.2) is 18.1 Å². The fraction of sp³-hybridized carbons (Fsp3) is 0.294. The summed E-state index contributed by atoms with van der Waals surface area (Å²) in [4.78, 5) is 54.3. The van der Waals surface area contributed by atoms with Crippen molar-refractivity contribution < 1.29 is 33.4 Å². The van der Waals surface area contributed by atoms with Crippen molar-refractivity contribution in [3.8, 4) is 11.5 Å². The van der Waals surface area contributed by atoms with Gasteiger partial charge in [-0.25, -0.2) is 0 Å². The molecule has 3 aromatic rings. The summed E-state index contributed by atoms with van der Waals surface area (Å²) in [6, 6.07) is 18.1. The Morgan fingerprint density at radius 1 is 0.870 bits per heavy atom. The summed E-state index contributed by atoms with van der Waals surface area (Å²) < 4.78 is 16.9. The molecule has 0 aliphatic carbocycles. The van der Waals surface area contributed by atoms with E-state index in [0.717, 1.165) is 46.6 Å². The van der Waals surface area contributed by atoms with Crippen molar-refractivity contribution in [3.05, 3.63) is 82.3 Å². The number of hydrogen-bond donors (Lipinski definition) is 2. The molecule has 12 heteroatoms. The van der Waals surface area contributed by atoms with Gasteiger partial charge < -0.3 is 29.7 Å². The molecule has 11 nitrogen and oxygen atoms in total. The molecule has 0 bridgehead atoms. The minimum absolute atomic E-state index is 0.177. The average molecular weight is 645 g/mol. The maximum absolute atomic E-state index is 13.1. The number of anilines is 3. The van der Waals surface area contributed by atoms with Gasteiger partial charge in [-0.3, -0.25) is 24.1 Å². The number of carbonyl (C=O) groups excluding carboxylic acids is 4. The lowest BCUT2D eigenvalue weighted by Gasteiger charge is -2.28. The number of nitrogens with one attached hydrogen (secondary N) is 2. The molecular formula is C34H36N4O7S. The normalized spacial score (nSPS) is 15.7. The first kappa shape index (κ1) is 32.6. The third kappa shape index (κ3) is 8.26. The van der Waals surface area contributed by atoms with E-state index in [1.54, 1.807) is 36.4 Å². The third-order valence-electron chi connectivity index (χ3n) is 7.42. The molecule has 0 atom stereocenters. The van der Waals surface area contributed by atoms with E-state index in [-0.39, 0.29) is 17.4 Å². The fourth-order valence-corrected chi connectivity index (χ4v) is 5.71. The molecule has 4 amide bonds. The minimum atomic E-state index is -0.561. The Bertz CT molecular complexity index is 1650. The average Bonchev–Trinajstić information content (AvgIpc) is 3.30. The quantitative estimate of drug-likeness (QED) is 0.270. The topological polar surface area (TPSA) is 127 Å². The Hall–Kier alpha value is -4.81. The van der Waals surface area contributed by atoms with Gasteiger partial charge in [-0.05, 0) is 104 Å². The van der Waals surface area contributed by atoms with Gasteiger partial charge in [0, 0.05) is 30.2 Å². The number of ether oxygens (including phenoxy) is 3. The van der Waals surface area contributed by atoms with Crippen LogP contribution < -0.4 is 25.0 Å². The monoisotopic (exact) mass is 644 g/mol. The molecule has 0 saturated carbocycles. The Morgan fingerprint density at radius 2 is 1.59 bits per heavy atom. The zero-order chi connectivity index (χ0) is 32.6. The number of morpholine rings is 1. The van der Waals surface area contributed by atoms with Crippen LogP contribution in [0.1, 0.15) is 23.6 Å². The first-order chi connectivity index (χ1) is 22.2. The second-order valence-electron chi connectivity index (χ2n) is 10.7. The second-order valence-corrected chi connectivity index (χ2v) is 11.7. The van der Waals surface area contributed by atoms with Crippen LogP contribution in [0.15, 0.2) is 65.6 Å². The standard InChI is InChI=1S/C34H36N4O7S/c1-4-44-29-18-24(6-12-28(29)45-21-32(40)36-26-7-5-22(2)23(3)17-26)19-30-33(41)38(34(42)46-30)20-31(39)35-25-8-10-27(11-9-25)37-13-15-43-16-14-37/h5-12,17-19H,4,13-16,20-21H2,1-3H3,(H,35,39)(H,36,40)/b30-19+. The fourth-order valence-electron chi connectivity index (χ4n) is 4.87. The van der Waals surface area contributed by atoms with E-state index in [9.17, 15) is 19.2 Å². The van der Waals surface area contributed by atoms with Crippen molar-refractivity contribution >= 4 is 57.9 Å². The van der Waals surface area contributed by atoms with Crippen molar-refractivity contribution in [3.63, 3.8) is 0 Å². The minimum Gasteiger partial charge on any atom is -0.490 e. The van der Waals surface area contributed by atoms with Gasteiger partial charge in [0.25, 0.3) is 17.1 Å². The van der Waals surface area contributed by atoms with Crippen LogP contribution in [-0.2, 0) is 19.1 Å². The maximum Gasteiger partial charge on any atom is 0.294 e. The summed E-state index contributed by atoms with van der Waals surface area (Å²) in [5.41, 5.74) is 5.07. The SMILES string of the molecule is CCOc1cc(/C=C2/SC(=O)N(CC(=O)Nc3ccc(N4CCOCC4)cc3)C2=O)ccc1OCC(=O)Nc1ccc(C)c(C)c1. The van der Waals surface area contributed by atoms with Crippen LogP contribution in [-0.4, -0.2) is 73.9 Å². The van der Waals surface area contributed by atoms with Crippen LogP contribution in [0.2, 0.25) is 0 Å². The number of benzene rings is 3. The molecule has 3 aromatic carbocycles. The summed E-state index contributed by atoms with van der Waals surface area (Å²) in [6.07, 6.45) is 1.56. The smallest absolute Gasteiger partial charge is 0.294 e. The van der Waals surface area contributed by atoms with Gasteiger partial charge in [0.2, 0.25) is 5.91 Å². The Labute approximate surface area is 271 Å². The molecule has 240 valence electrons. The first-order valence-corrected chi connectivity index (χ1v) is 15.8. The van der Waals surface area contributed by atoms with Crippen LogP contribution in [0.5, 0.6) is 11.5 Å². The number of carbonyl (C=O) groups is 4. The highest BCUT2D eigenvalue weighted by Gasteiger charge is 2.36. The Kier molecular flexibility index (Phi) is 10.6. The lowest BCUT2D eigenvalue weighted by atomic mass is 10.1. The zero-order valence-electron chi connectivity index (χ0n) is 26.0. The molecule has 2 N–H and O–H groups in total. The Balaban J connectivity index is 1.18. The van der Waals surface area contributed by atoms with Crippen LogP contribution in [0.25, 0.3) is 6.08 Å². The number of imide groups is 1. The van der Waals surface area contributed by atoms with Crippen LogP contribution in [0.3, 0.4) is 0 Å². The summed E-state index contributed by atoms with van der Waals surface area (Å²) in [5, 5.41) is 5.04. The van der Waals surface area contributed by atoms with E-state index in [1.165, 1.54) is 0 Å². The number of nitrogens with zero attached hydrogens (tertiary/aromatic N) is 2. The van der Waals surface area contributed by atoms with Gasteiger partial charge in [0.1, 0.15) is 6.54 Å². The third-order valence-corrected chi connectivity index (χ3v) is 8.32. The lowest BCUT2D eigenvalue weighted by Crippen LogP contribution is -2.36. The molecule has 2 fully saturated rings. The molecule has 0 radical (unpaired) electrons. The molecule has 2 saturated heterocycles. The Morgan fingerprint density at radius 3 is 2.30 bits per heavy atom. The van der Waals surface area contributed by atoms with E-state index in [1.807, 2.05) is 51.1 Å².